The van der Waals surface area contributed by atoms with E-state index in [-0.39, 0.29) is 5.78 Å². The third-order valence-corrected chi connectivity index (χ3v) is 5.52. The number of rotatable bonds is 9. The van der Waals surface area contributed by atoms with Crippen molar-refractivity contribution in [2.45, 2.75) is 57.0 Å². The molecule has 2 atom stereocenters. The van der Waals surface area contributed by atoms with Gasteiger partial charge in [0, 0.05) is 23.3 Å². The van der Waals surface area contributed by atoms with Crippen LogP contribution < -0.4 is 0 Å². The van der Waals surface area contributed by atoms with Gasteiger partial charge in [0.15, 0.2) is 0 Å². The normalized spacial score (nSPS) is 14.6. The Morgan fingerprint density at radius 1 is 1.20 bits per heavy atom. The molecule has 15 heavy (non-hydrogen) atoms. The van der Waals surface area contributed by atoms with Gasteiger partial charge >= 0.3 is 0 Å². The molecule has 0 fully saturated rings. The first-order chi connectivity index (χ1) is 7.06. The predicted octanol–water partition coefficient (Wildman–Crippen LogP) is 3.49. The van der Waals surface area contributed by atoms with Gasteiger partial charge in [0.25, 0.3) is 0 Å². The third-order valence-electron chi connectivity index (χ3n) is 1.98. The first-order valence-electron chi connectivity index (χ1n) is 5.31. The summed E-state index contributed by atoms with van der Waals surface area (Å²) in [6.07, 6.45) is 4.20. The summed E-state index contributed by atoms with van der Waals surface area (Å²) < 4.78 is 0. The van der Waals surface area contributed by atoms with E-state index in [2.05, 4.69) is 13.8 Å². The molecular formula is C11H20O2S2. The van der Waals surface area contributed by atoms with Crippen LogP contribution >= 0.6 is 21.6 Å². The largest absolute Gasteiger partial charge is 0.303 e. The molecule has 2 unspecified atom stereocenters. The van der Waals surface area contributed by atoms with E-state index >= 15 is 0 Å². The van der Waals surface area contributed by atoms with Crippen LogP contribution in [0.5, 0.6) is 0 Å². The van der Waals surface area contributed by atoms with E-state index in [0.29, 0.717) is 23.3 Å². The maximum atomic E-state index is 10.8. The van der Waals surface area contributed by atoms with Crippen LogP contribution in [0.15, 0.2) is 0 Å². The number of hydrogen-bond donors (Lipinski definition) is 0. The molecule has 2 nitrogen and oxygen atoms in total. The smallest absolute Gasteiger partial charge is 0.129 e. The van der Waals surface area contributed by atoms with Gasteiger partial charge in [-0.1, -0.05) is 35.4 Å². The SMILES string of the molecule is CC(=O)CCC(C)SSC(C)CCC=O. The van der Waals surface area contributed by atoms with Crippen molar-refractivity contribution in [3.63, 3.8) is 0 Å². The number of ketones is 1. The standard InChI is InChI=1S/C11H20O2S2/c1-9(13)6-7-11(3)15-14-10(2)5-4-8-12/h8,10-11H,4-7H2,1-3H3. The lowest BCUT2D eigenvalue weighted by molar-refractivity contribution is -0.117. The van der Waals surface area contributed by atoms with Gasteiger partial charge < -0.3 is 9.59 Å². The second-order valence-electron chi connectivity index (χ2n) is 3.80. The van der Waals surface area contributed by atoms with Crippen molar-refractivity contribution < 1.29 is 9.59 Å². The maximum absolute atomic E-state index is 10.8. The van der Waals surface area contributed by atoms with Gasteiger partial charge in [0.2, 0.25) is 0 Å². The maximum Gasteiger partial charge on any atom is 0.129 e. The molecule has 0 aliphatic carbocycles. The molecule has 0 aromatic rings. The van der Waals surface area contributed by atoms with E-state index in [4.69, 9.17) is 0 Å². The molecule has 0 N–H and O–H groups in total. The lowest BCUT2D eigenvalue weighted by Gasteiger charge is -2.13. The van der Waals surface area contributed by atoms with E-state index in [1.54, 1.807) is 6.92 Å². The molecule has 0 aliphatic rings. The molecule has 0 spiro atoms. The van der Waals surface area contributed by atoms with Crippen LogP contribution in [0.3, 0.4) is 0 Å². The van der Waals surface area contributed by atoms with Gasteiger partial charge in [-0.05, 0) is 19.8 Å². The van der Waals surface area contributed by atoms with Crippen LogP contribution in [-0.4, -0.2) is 22.6 Å². The molecular weight excluding hydrogens is 228 g/mol. The lowest BCUT2D eigenvalue weighted by Crippen LogP contribution is -2.01. The average molecular weight is 248 g/mol. The Morgan fingerprint density at radius 3 is 2.20 bits per heavy atom. The predicted molar refractivity (Wildman–Crippen MR) is 69.3 cm³/mol. The Kier molecular flexibility index (Phi) is 9.30. The quantitative estimate of drug-likeness (QED) is 0.462. The Morgan fingerprint density at radius 2 is 1.73 bits per heavy atom. The number of Topliss-reactive ketones (excluding diaryl/α,β-unsaturated/α-hetero) is 1. The fraction of sp³-hybridized carbons (Fsp3) is 0.818. The van der Waals surface area contributed by atoms with Crippen LogP contribution in [0.1, 0.15) is 46.5 Å². The monoisotopic (exact) mass is 248 g/mol. The topological polar surface area (TPSA) is 34.1 Å². The van der Waals surface area contributed by atoms with Crippen LogP contribution in [0.25, 0.3) is 0 Å². The minimum absolute atomic E-state index is 0.265. The average Bonchev–Trinajstić information content (AvgIpc) is 2.20. The van der Waals surface area contributed by atoms with E-state index in [1.165, 1.54) is 0 Å². The molecule has 0 saturated carbocycles. The minimum Gasteiger partial charge on any atom is -0.303 e. The van der Waals surface area contributed by atoms with E-state index < -0.39 is 0 Å². The van der Waals surface area contributed by atoms with Crippen molar-refractivity contribution in [2.75, 3.05) is 0 Å². The fourth-order valence-corrected chi connectivity index (χ4v) is 3.54. The number of hydrogen-bond acceptors (Lipinski definition) is 4. The van der Waals surface area contributed by atoms with Crippen molar-refractivity contribution in [2.24, 2.45) is 0 Å². The number of carbonyl (C=O) groups excluding carboxylic acids is 2. The zero-order valence-corrected chi connectivity index (χ0v) is 11.3. The zero-order valence-electron chi connectivity index (χ0n) is 9.69. The first-order valence-corrected chi connectivity index (χ1v) is 7.59. The molecule has 4 heteroatoms. The van der Waals surface area contributed by atoms with Crippen molar-refractivity contribution in [3.8, 4) is 0 Å². The second-order valence-corrected chi connectivity index (χ2v) is 6.95. The van der Waals surface area contributed by atoms with Gasteiger partial charge in [-0.2, -0.15) is 0 Å². The highest BCUT2D eigenvalue weighted by atomic mass is 33.1. The molecule has 0 aliphatic heterocycles. The summed E-state index contributed by atoms with van der Waals surface area (Å²) in [5, 5.41) is 1.03. The zero-order chi connectivity index (χ0) is 11.7. The summed E-state index contributed by atoms with van der Waals surface area (Å²) in [6.45, 7) is 5.92. The summed E-state index contributed by atoms with van der Waals surface area (Å²) in [4.78, 5) is 20.9. The summed E-state index contributed by atoms with van der Waals surface area (Å²) in [7, 11) is 3.65. The second kappa shape index (κ2) is 9.28. The molecule has 0 amide bonds. The molecule has 0 aromatic heterocycles. The molecule has 0 radical (unpaired) electrons. The van der Waals surface area contributed by atoms with Crippen molar-refractivity contribution in [3.05, 3.63) is 0 Å². The summed E-state index contributed by atoms with van der Waals surface area (Å²) >= 11 is 0. The van der Waals surface area contributed by atoms with Gasteiger partial charge in [0.05, 0.1) is 0 Å². The van der Waals surface area contributed by atoms with Crippen molar-refractivity contribution in [1.29, 1.82) is 0 Å². The number of aldehydes is 1. The summed E-state index contributed by atoms with van der Waals surface area (Å²) in [5.41, 5.74) is 0. The summed E-state index contributed by atoms with van der Waals surface area (Å²) in [6, 6.07) is 0. The summed E-state index contributed by atoms with van der Waals surface area (Å²) in [5.74, 6) is 0.265. The van der Waals surface area contributed by atoms with Gasteiger partial charge in [-0.3, -0.25) is 0 Å². The van der Waals surface area contributed by atoms with Gasteiger partial charge in [-0.15, -0.1) is 0 Å². The highest BCUT2D eigenvalue weighted by Gasteiger charge is 2.08. The van der Waals surface area contributed by atoms with Crippen LogP contribution in [0, 0.1) is 0 Å². The highest BCUT2D eigenvalue weighted by Crippen LogP contribution is 2.34. The van der Waals surface area contributed by atoms with E-state index in [1.807, 2.05) is 21.6 Å². The Bertz CT molecular complexity index is 195. The van der Waals surface area contributed by atoms with E-state index in [0.717, 1.165) is 19.1 Å². The molecule has 0 bridgehead atoms. The Labute approximate surface area is 100 Å². The van der Waals surface area contributed by atoms with Gasteiger partial charge in [0.1, 0.15) is 12.1 Å². The Balaban J connectivity index is 3.47. The third kappa shape index (κ3) is 10.3. The first kappa shape index (κ1) is 15.0. The molecule has 0 heterocycles. The highest BCUT2D eigenvalue weighted by molar-refractivity contribution is 8.77. The Hall–Kier alpha value is 0.0400. The van der Waals surface area contributed by atoms with Crippen LogP contribution in [0.4, 0.5) is 0 Å². The number of carbonyl (C=O) groups is 2. The van der Waals surface area contributed by atoms with Crippen LogP contribution in [0.2, 0.25) is 0 Å². The fourth-order valence-electron chi connectivity index (χ4n) is 0.995. The van der Waals surface area contributed by atoms with Crippen molar-refractivity contribution in [1.82, 2.24) is 0 Å². The minimum atomic E-state index is 0.265. The van der Waals surface area contributed by atoms with Crippen molar-refractivity contribution >= 4 is 33.7 Å². The van der Waals surface area contributed by atoms with Gasteiger partial charge in [-0.25, -0.2) is 0 Å². The molecule has 0 aromatic carbocycles. The molecule has 0 rings (SSSR count). The van der Waals surface area contributed by atoms with Crippen LogP contribution in [-0.2, 0) is 9.59 Å². The molecule has 88 valence electrons. The molecule has 0 saturated heterocycles. The lowest BCUT2D eigenvalue weighted by atomic mass is 10.2. The van der Waals surface area contributed by atoms with E-state index in [9.17, 15) is 9.59 Å².